The fourth-order valence-corrected chi connectivity index (χ4v) is 1.58. The summed E-state index contributed by atoms with van der Waals surface area (Å²) in [6, 6.07) is 9.53. The summed E-state index contributed by atoms with van der Waals surface area (Å²) < 4.78 is 1.38. The Balaban J connectivity index is 2.18. The topological polar surface area (TPSA) is 75.3 Å². The minimum absolute atomic E-state index is 0.0868. The fraction of sp³-hybridized carbons (Fsp3) is 0.167. The van der Waals surface area contributed by atoms with Gasteiger partial charge in [0.05, 0.1) is 19.2 Å². The number of hydrogen-bond acceptors (Lipinski definition) is 3. The summed E-state index contributed by atoms with van der Waals surface area (Å²) in [5, 5.41) is 22.4. The number of rotatable bonds is 4. The van der Waals surface area contributed by atoms with Crippen molar-refractivity contribution in [3.05, 3.63) is 47.7 Å². The van der Waals surface area contributed by atoms with Crippen molar-refractivity contribution in [2.45, 2.75) is 13.0 Å². The van der Waals surface area contributed by atoms with E-state index < -0.39 is 5.97 Å². The minimum atomic E-state index is -0.987. The molecule has 17 heavy (non-hydrogen) atoms. The van der Waals surface area contributed by atoms with Crippen molar-refractivity contribution in [3.63, 3.8) is 0 Å². The first-order valence-electron chi connectivity index (χ1n) is 5.16. The maximum atomic E-state index is 10.5. The van der Waals surface area contributed by atoms with Gasteiger partial charge in [0.2, 0.25) is 5.88 Å². The SMILES string of the molecule is O=C(O)Cc1cnn(Cc2ccccc2)c1O. The number of aromatic hydroxyl groups is 1. The molecular weight excluding hydrogens is 220 g/mol. The Hall–Kier alpha value is -2.30. The van der Waals surface area contributed by atoms with E-state index >= 15 is 0 Å². The number of aromatic nitrogens is 2. The van der Waals surface area contributed by atoms with Gasteiger partial charge in [-0.2, -0.15) is 5.10 Å². The molecule has 0 fully saturated rings. The number of carboxylic acids is 1. The maximum absolute atomic E-state index is 10.5. The zero-order valence-electron chi connectivity index (χ0n) is 9.08. The molecule has 0 spiro atoms. The zero-order chi connectivity index (χ0) is 12.3. The van der Waals surface area contributed by atoms with Crippen LogP contribution >= 0.6 is 0 Å². The van der Waals surface area contributed by atoms with E-state index in [-0.39, 0.29) is 12.3 Å². The van der Waals surface area contributed by atoms with Gasteiger partial charge in [-0.3, -0.25) is 4.79 Å². The Labute approximate surface area is 97.9 Å². The van der Waals surface area contributed by atoms with Gasteiger partial charge in [-0.15, -0.1) is 0 Å². The van der Waals surface area contributed by atoms with E-state index in [0.29, 0.717) is 12.1 Å². The van der Waals surface area contributed by atoms with Crippen molar-refractivity contribution < 1.29 is 15.0 Å². The molecule has 0 aliphatic heterocycles. The van der Waals surface area contributed by atoms with Crippen molar-refractivity contribution >= 4 is 5.97 Å². The Morgan fingerprint density at radius 1 is 1.29 bits per heavy atom. The highest BCUT2D eigenvalue weighted by Crippen LogP contribution is 2.18. The van der Waals surface area contributed by atoms with Gasteiger partial charge < -0.3 is 10.2 Å². The van der Waals surface area contributed by atoms with Gasteiger partial charge in [0.25, 0.3) is 0 Å². The molecule has 1 heterocycles. The predicted octanol–water partition coefficient (Wildman–Crippen LogP) is 1.26. The number of aliphatic carboxylic acids is 1. The van der Waals surface area contributed by atoms with Crippen LogP contribution < -0.4 is 0 Å². The standard InChI is InChI=1S/C12H12N2O3/c15-11(16)6-10-7-13-14(12(10)17)8-9-4-2-1-3-5-9/h1-5,7,17H,6,8H2,(H,15,16). The Morgan fingerprint density at radius 2 is 2.00 bits per heavy atom. The molecule has 2 N–H and O–H groups in total. The molecule has 0 atom stereocenters. The van der Waals surface area contributed by atoms with Gasteiger partial charge in [-0.25, -0.2) is 4.68 Å². The monoisotopic (exact) mass is 232 g/mol. The molecule has 0 bridgehead atoms. The van der Waals surface area contributed by atoms with Crippen LogP contribution in [0.15, 0.2) is 36.5 Å². The van der Waals surface area contributed by atoms with Crippen molar-refractivity contribution in [1.29, 1.82) is 0 Å². The second-order valence-corrected chi connectivity index (χ2v) is 3.71. The fourth-order valence-electron chi connectivity index (χ4n) is 1.58. The highest BCUT2D eigenvalue weighted by molar-refractivity contribution is 5.70. The molecule has 0 aliphatic rings. The smallest absolute Gasteiger partial charge is 0.308 e. The van der Waals surface area contributed by atoms with E-state index in [9.17, 15) is 9.90 Å². The zero-order valence-corrected chi connectivity index (χ0v) is 9.08. The van der Waals surface area contributed by atoms with Crippen LogP contribution in [-0.4, -0.2) is 26.0 Å². The molecule has 2 rings (SSSR count). The lowest BCUT2D eigenvalue weighted by Gasteiger charge is -2.03. The van der Waals surface area contributed by atoms with Crippen LogP contribution in [0.1, 0.15) is 11.1 Å². The molecule has 5 nitrogen and oxygen atoms in total. The number of carboxylic acid groups (broad SMARTS) is 1. The molecular formula is C12H12N2O3. The summed E-state index contributed by atoms with van der Waals surface area (Å²) in [6.45, 7) is 0.423. The van der Waals surface area contributed by atoms with Crippen molar-refractivity contribution in [1.82, 2.24) is 9.78 Å². The van der Waals surface area contributed by atoms with E-state index in [0.717, 1.165) is 5.56 Å². The first kappa shape index (κ1) is 11.2. The number of hydrogen-bond donors (Lipinski definition) is 2. The Bertz CT molecular complexity index is 520. The maximum Gasteiger partial charge on any atom is 0.308 e. The van der Waals surface area contributed by atoms with E-state index in [1.165, 1.54) is 10.9 Å². The summed E-state index contributed by atoms with van der Waals surface area (Å²) in [4.78, 5) is 10.5. The van der Waals surface area contributed by atoms with Crippen LogP contribution in [0.25, 0.3) is 0 Å². The summed E-state index contributed by atoms with van der Waals surface area (Å²) in [5.41, 5.74) is 1.32. The predicted molar refractivity (Wildman–Crippen MR) is 60.8 cm³/mol. The molecule has 5 heteroatoms. The molecule has 2 aromatic rings. The van der Waals surface area contributed by atoms with E-state index in [2.05, 4.69) is 5.10 Å². The van der Waals surface area contributed by atoms with Crippen LogP contribution in [0.3, 0.4) is 0 Å². The highest BCUT2D eigenvalue weighted by Gasteiger charge is 2.12. The molecule has 0 radical (unpaired) electrons. The summed E-state index contributed by atoms with van der Waals surface area (Å²) in [5.74, 6) is -1.07. The van der Waals surface area contributed by atoms with Crippen LogP contribution in [0.4, 0.5) is 0 Å². The first-order chi connectivity index (χ1) is 8.16. The van der Waals surface area contributed by atoms with Gasteiger partial charge in [0.15, 0.2) is 0 Å². The molecule has 0 unspecified atom stereocenters. The third kappa shape index (κ3) is 2.63. The van der Waals surface area contributed by atoms with Crippen LogP contribution in [0.5, 0.6) is 5.88 Å². The number of carbonyl (C=O) groups is 1. The van der Waals surface area contributed by atoms with E-state index in [1.807, 2.05) is 30.3 Å². The second-order valence-electron chi connectivity index (χ2n) is 3.71. The van der Waals surface area contributed by atoms with Gasteiger partial charge in [-0.1, -0.05) is 30.3 Å². The number of nitrogens with zero attached hydrogens (tertiary/aromatic N) is 2. The lowest BCUT2D eigenvalue weighted by atomic mass is 10.2. The largest absolute Gasteiger partial charge is 0.493 e. The van der Waals surface area contributed by atoms with Crippen LogP contribution in [0, 0.1) is 0 Å². The molecule has 0 aliphatic carbocycles. The highest BCUT2D eigenvalue weighted by atomic mass is 16.4. The lowest BCUT2D eigenvalue weighted by Crippen LogP contribution is -2.02. The quantitative estimate of drug-likeness (QED) is 0.832. The first-order valence-corrected chi connectivity index (χ1v) is 5.16. The van der Waals surface area contributed by atoms with Crippen LogP contribution in [-0.2, 0) is 17.8 Å². The molecule has 0 saturated carbocycles. The van der Waals surface area contributed by atoms with Gasteiger partial charge >= 0.3 is 5.97 Å². The molecule has 1 aromatic carbocycles. The Morgan fingerprint density at radius 3 is 2.65 bits per heavy atom. The lowest BCUT2D eigenvalue weighted by molar-refractivity contribution is -0.136. The van der Waals surface area contributed by atoms with Crippen molar-refractivity contribution in [2.24, 2.45) is 0 Å². The molecule has 88 valence electrons. The molecule has 0 saturated heterocycles. The average molecular weight is 232 g/mol. The van der Waals surface area contributed by atoms with E-state index in [4.69, 9.17) is 5.11 Å². The van der Waals surface area contributed by atoms with Crippen molar-refractivity contribution in [2.75, 3.05) is 0 Å². The summed E-state index contributed by atoms with van der Waals surface area (Å²) in [6.07, 6.45) is 1.16. The third-order valence-electron chi connectivity index (χ3n) is 2.40. The Kier molecular flexibility index (Phi) is 3.09. The second kappa shape index (κ2) is 4.69. The van der Waals surface area contributed by atoms with Gasteiger partial charge in [-0.05, 0) is 5.56 Å². The number of benzene rings is 1. The average Bonchev–Trinajstić information content (AvgIpc) is 2.62. The van der Waals surface area contributed by atoms with Crippen LogP contribution in [0.2, 0.25) is 0 Å². The summed E-state index contributed by atoms with van der Waals surface area (Å²) >= 11 is 0. The molecule has 0 amide bonds. The van der Waals surface area contributed by atoms with E-state index in [1.54, 1.807) is 0 Å². The van der Waals surface area contributed by atoms with Gasteiger partial charge in [0, 0.05) is 5.56 Å². The van der Waals surface area contributed by atoms with Gasteiger partial charge in [0.1, 0.15) is 0 Å². The minimum Gasteiger partial charge on any atom is -0.493 e. The normalized spacial score (nSPS) is 10.4. The summed E-state index contributed by atoms with van der Waals surface area (Å²) in [7, 11) is 0. The van der Waals surface area contributed by atoms with Crippen molar-refractivity contribution in [3.8, 4) is 5.88 Å². The third-order valence-corrected chi connectivity index (χ3v) is 2.40. The molecule has 1 aromatic heterocycles.